The number of carbonyl (C=O) groups excluding carboxylic acids is 1. The Kier molecular flexibility index (Phi) is 4.61. The van der Waals surface area contributed by atoms with Crippen molar-refractivity contribution in [2.45, 2.75) is 32.4 Å². The second-order valence-electron chi connectivity index (χ2n) is 5.01. The minimum Gasteiger partial charge on any atom is -0.465 e. The Hall–Kier alpha value is -1.33. The number of likely N-dealkylation sites (tertiary alicyclic amines) is 1. The van der Waals surface area contributed by atoms with Crippen molar-refractivity contribution in [2.75, 3.05) is 27.2 Å². The molecule has 1 aliphatic rings. The molecule has 106 valence electrons. The molecular weight excluding hydrogens is 244 g/mol. The first-order valence-corrected chi connectivity index (χ1v) is 6.71. The molecule has 19 heavy (non-hydrogen) atoms. The third-order valence-electron chi connectivity index (χ3n) is 3.75. The van der Waals surface area contributed by atoms with Crippen molar-refractivity contribution in [3.63, 3.8) is 0 Å². The van der Waals surface area contributed by atoms with E-state index in [2.05, 4.69) is 10.2 Å². The Labute approximate surface area is 113 Å². The van der Waals surface area contributed by atoms with Crippen molar-refractivity contribution < 1.29 is 13.9 Å². The van der Waals surface area contributed by atoms with E-state index in [0.29, 0.717) is 17.4 Å². The average Bonchev–Trinajstić information content (AvgIpc) is 2.79. The van der Waals surface area contributed by atoms with Crippen LogP contribution in [0, 0.1) is 6.92 Å². The second-order valence-corrected chi connectivity index (χ2v) is 5.01. The number of carbonyl (C=O) groups is 1. The minimum absolute atomic E-state index is 0.332. The highest BCUT2D eigenvalue weighted by Crippen LogP contribution is 2.19. The fraction of sp³-hybridized carbons (Fsp3) is 0.643. The van der Waals surface area contributed by atoms with E-state index in [-0.39, 0.29) is 5.97 Å². The molecule has 0 aliphatic carbocycles. The summed E-state index contributed by atoms with van der Waals surface area (Å²) in [6.45, 7) is 4.66. The lowest BCUT2D eigenvalue weighted by molar-refractivity contribution is 0.0599. The maximum Gasteiger partial charge on any atom is 0.341 e. The molecule has 0 radical (unpaired) electrons. The quantitative estimate of drug-likeness (QED) is 0.838. The molecule has 1 aliphatic heterocycles. The SMILES string of the molecule is CNC1CCN(Cc2cc(C(=O)OC)c(C)o2)CC1. The smallest absolute Gasteiger partial charge is 0.341 e. The number of aryl methyl sites for hydroxylation is 1. The molecule has 1 aromatic heterocycles. The summed E-state index contributed by atoms with van der Waals surface area (Å²) < 4.78 is 10.4. The largest absolute Gasteiger partial charge is 0.465 e. The summed E-state index contributed by atoms with van der Waals surface area (Å²) in [7, 11) is 3.40. The Morgan fingerprint density at radius 3 is 2.79 bits per heavy atom. The number of esters is 1. The van der Waals surface area contributed by atoms with Gasteiger partial charge in [-0.15, -0.1) is 0 Å². The number of nitrogens with zero attached hydrogens (tertiary/aromatic N) is 1. The van der Waals surface area contributed by atoms with Crippen LogP contribution in [-0.2, 0) is 11.3 Å². The molecule has 0 bridgehead atoms. The Morgan fingerprint density at radius 1 is 1.53 bits per heavy atom. The van der Waals surface area contributed by atoms with Gasteiger partial charge in [-0.2, -0.15) is 0 Å². The van der Waals surface area contributed by atoms with Gasteiger partial charge >= 0.3 is 5.97 Å². The first-order chi connectivity index (χ1) is 9.13. The van der Waals surface area contributed by atoms with Crippen LogP contribution in [-0.4, -0.2) is 44.2 Å². The van der Waals surface area contributed by atoms with Crippen LogP contribution in [0.1, 0.15) is 34.7 Å². The number of methoxy groups -OCH3 is 1. The molecule has 0 atom stereocenters. The van der Waals surface area contributed by atoms with Crippen molar-refractivity contribution >= 4 is 5.97 Å². The molecular formula is C14H22N2O3. The molecule has 2 heterocycles. The highest BCUT2D eigenvalue weighted by atomic mass is 16.5. The number of piperidine rings is 1. The van der Waals surface area contributed by atoms with Gasteiger partial charge in [0.25, 0.3) is 0 Å². The van der Waals surface area contributed by atoms with Crippen molar-refractivity contribution in [2.24, 2.45) is 0 Å². The number of nitrogens with one attached hydrogen (secondary N) is 1. The van der Waals surface area contributed by atoms with Gasteiger partial charge in [0.05, 0.1) is 13.7 Å². The maximum atomic E-state index is 11.5. The zero-order valence-electron chi connectivity index (χ0n) is 11.9. The zero-order valence-corrected chi connectivity index (χ0v) is 11.9. The van der Waals surface area contributed by atoms with E-state index >= 15 is 0 Å². The fourth-order valence-corrected chi connectivity index (χ4v) is 2.53. The summed E-state index contributed by atoms with van der Waals surface area (Å²) in [5.74, 6) is 1.13. The Morgan fingerprint density at radius 2 is 2.21 bits per heavy atom. The molecule has 1 aromatic rings. The van der Waals surface area contributed by atoms with Crippen LogP contribution in [0.15, 0.2) is 10.5 Å². The molecule has 2 rings (SSSR count). The first-order valence-electron chi connectivity index (χ1n) is 6.71. The predicted octanol–water partition coefficient (Wildman–Crippen LogP) is 1.56. The lowest BCUT2D eigenvalue weighted by Gasteiger charge is -2.30. The van der Waals surface area contributed by atoms with Crippen LogP contribution >= 0.6 is 0 Å². The van der Waals surface area contributed by atoms with Gasteiger partial charge in [-0.1, -0.05) is 0 Å². The summed E-state index contributed by atoms with van der Waals surface area (Å²) >= 11 is 0. The molecule has 0 saturated carbocycles. The number of ether oxygens (including phenoxy) is 1. The first kappa shape index (κ1) is 14.1. The van der Waals surface area contributed by atoms with Crippen LogP contribution < -0.4 is 5.32 Å². The van der Waals surface area contributed by atoms with Crippen LogP contribution in [0.25, 0.3) is 0 Å². The van der Waals surface area contributed by atoms with E-state index < -0.39 is 0 Å². The van der Waals surface area contributed by atoms with E-state index in [0.717, 1.165) is 38.2 Å². The van der Waals surface area contributed by atoms with Gasteiger partial charge in [-0.25, -0.2) is 4.79 Å². The maximum absolute atomic E-state index is 11.5. The number of furan rings is 1. The molecule has 0 spiro atoms. The highest BCUT2D eigenvalue weighted by molar-refractivity contribution is 5.90. The lowest BCUT2D eigenvalue weighted by atomic mass is 10.1. The van der Waals surface area contributed by atoms with E-state index in [1.54, 1.807) is 13.0 Å². The van der Waals surface area contributed by atoms with Crippen molar-refractivity contribution in [1.29, 1.82) is 0 Å². The van der Waals surface area contributed by atoms with Gasteiger partial charge < -0.3 is 14.5 Å². The predicted molar refractivity (Wildman–Crippen MR) is 72.1 cm³/mol. The summed E-state index contributed by atoms with van der Waals surface area (Å²) in [6, 6.07) is 2.42. The van der Waals surface area contributed by atoms with Crippen molar-refractivity contribution in [1.82, 2.24) is 10.2 Å². The van der Waals surface area contributed by atoms with Crippen molar-refractivity contribution in [3.05, 3.63) is 23.2 Å². The molecule has 0 aromatic carbocycles. The highest BCUT2D eigenvalue weighted by Gasteiger charge is 2.20. The summed E-state index contributed by atoms with van der Waals surface area (Å²) in [4.78, 5) is 13.9. The standard InChI is InChI=1S/C14H22N2O3/c1-10-13(14(17)18-3)8-12(19-10)9-16-6-4-11(15-2)5-7-16/h8,11,15H,4-7,9H2,1-3H3. The van der Waals surface area contributed by atoms with Crippen molar-refractivity contribution in [3.8, 4) is 0 Å². The fourth-order valence-electron chi connectivity index (χ4n) is 2.53. The van der Waals surface area contributed by atoms with Crippen LogP contribution in [0.5, 0.6) is 0 Å². The summed E-state index contributed by atoms with van der Waals surface area (Å²) in [5.41, 5.74) is 0.530. The molecule has 1 fully saturated rings. The zero-order chi connectivity index (χ0) is 13.8. The van der Waals surface area contributed by atoms with Crippen LogP contribution in [0.2, 0.25) is 0 Å². The third kappa shape index (κ3) is 3.36. The van der Waals surface area contributed by atoms with E-state index in [9.17, 15) is 4.79 Å². The molecule has 1 N–H and O–H groups in total. The van der Waals surface area contributed by atoms with Gasteiger partial charge in [0.2, 0.25) is 0 Å². The van der Waals surface area contributed by atoms with Gasteiger partial charge in [0.1, 0.15) is 17.1 Å². The molecule has 5 nitrogen and oxygen atoms in total. The van der Waals surface area contributed by atoms with E-state index in [1.807, 2.05) is 7.05 Å². The topological polar surface area (TPSA) is 54.7 Å². The summed E-state index contributed by atoms with van der Waals surface area (Å²) in [5, 5.41) is 3.31. The molecule has 0 amide bonds. The van der Waals surface area contributed by atoms with Crippen LogP contribution in [0.3, 0.4) is 0 Å². The van der Waals surface area contributed by atoms with Gasteiger partial charge in [0, 0.05) is 19.1 Å². The lowest BCUT2D eigenvalue weighted by Crippen LogP contribution is -2.40. The number of hydrogen-bond acceptors (Lipinski definition) is 5. The molecule has 1 saturated heterocycles. The average molecular weight is 266 g/mol. The second kappa shape index (κ2) is 6.21. The van der Waals surface area contributed by atoms with Gasteiger partial charge in [-0.05, 0) is 32.9 Å². The van der Waals surface area contributed by atoms with Gasteiger partial charge in [-0.3, -0.25) is 4.90 Å². The number of hydrogen-bond donors (Lipinski definition) is 1. The Bertz CT molecular complexity index is 434. The normalized spacial score (nSPS) is 17.6. The van der Waals surface area contributed by atoms with E-state index in [4.69, 9.17) is 9.15 Å². The number of rotatable bonds is 4. The summed E-state index contributed by atoms with van der Waals surface area (Å²) in [6.07, 6.45) is 2.31. The third-order valence-corrected chi connectivity index (χ3v) is 3.75. The minimum atomic E-state index is -0.332. The Balaban J connectivity index is 1.95. The monoisotopic (exact) mass is 266 g/mol. The molecule has 0 unspecified atom stereocenters. The van der Waals surface area contributed by atoms with Gasteiger partial charge in [0.15, 0.2) is 0 Å². The van der Waals surface area contributed by atoms with Crippen LogP contribution in [0.4, 0.5) is 0 Å². The molecule has 5 heteroatoms. The van der Waals surface area contributed by atoms with E-state index in [1.165, 1.54) is 7.11 Å².